The molecular weight excluding hydrogens is 1260 g/mol. The van der Waals surface area contributed by atoms with Gasteiger partial charge in [0.25, 0.3) is 0 Å². The molecule has 0 bridgehead atoms. The van der Waals surface area contributed by atoms with Crippen molar-refractivity contribution in [1.82, 2.24) is 15.3 Å². The minimum atomic E-state index is 1.25. The standard InChI is InChI=1S/C10H8.2C7H8.C5H11N.2C5H5N.C4H4S.27C2H6.CH3B/c1-2-6-10-8-4-3-7-9(10)5-1;2*1-7-5-3-2-4-6-7;3*1-2-4-6-5-3-1;1-2-4-5-3-1;28*1-2/h1-8H;2*2-6H,1H3;6H,1-5H2;2*1-5H;1-4H;27*1-2H3;1H3. The van der Waals surface area contributed by atoms with E-state index in [-0.39, 0.29) is 0 Å². The molecule has 7 aromatic rings. The minimum absolute atomic E-state index is 1.25. The summed E-state index contributed by atoms with van der Waals surface area (Å²) in [6.07, 6.45) is 11.2. The highest BCUT2D eigenvalue weighted by atomic mass is 32.1. The average molecular weight is 1480 g/mol. The number of nitrogens with zero attached hydrogens (tertiary/aromatic N) is 2. The van der Waals surface area contributed by atoms with Gasteiger partial charge >= 0.3 is 0 Å². The maximum absolute atomic E-state index is 4.50. The van der Waals surface area contributed by atoms with Gasteiger partial charge in [-0.1, -0.05) is 532 Å². The van der Waals surface area contributed by atoms with Crippen LogP contribution in [0.1, 0.15) is 404 Å². The second-order valence-electron chi connectivity index (χ2n) is 10.3. The van der Waals surface area contributed by atoms with Gasteiger partial charge in [-0.05, 0) is 85.6 Å². The Balaban J connectivity index is -0.0000000236. The third-order valence-corrected chi connectivity index (χ3v) is 6.93. The lowest BCUT2D eigenvalue weighted by Crippen LogP contribution is -2.21. The Morgan fingerprint density at radius 1 is 0.214 bits per heavy atom. The first-order valence-corrected chi connectivity index (χ1v) is 44.6. The Morgan fingerprint density at radius 2 is 0.369 bits per heavy atom. The molecule has 3 aromatic heterocycles. The summed E-state index contributed by atoms with van der Waals surface area (Å²) in [4.78, 5) is 7.57. The first kappa shape index (κ1) is 183. The predicted octanol–water partition coefficient (Wildman–Crippen LogP) is 39.4. The smallest absolute Gasteiger partial charge is 0.0606 e. The highest BCUT2D eigenvalue weighted by molar-refractivity contribution is 7.07. The Hall–Kier alpha value is -4.84. The number of thiophene rings is 1. The molecule has 0 unspecified atom stereocenters. The third-order valence-electron chi connectivity index (χ3n) is 6.31. The molecule has 0 saturated carbocycles. The number of piperidine rings is 1. The van der Waals surface area contributed by atoms with Crippen LogP contribution in [0.2, 0.25) is 6.82 Å². The second-order valence-corrected chi connectivity index (χ2v) is 11.1. The van der Waals surface area contributed by atoms with Crippen molar-refractivity contribution in [2.24, 2.45) is 0 Å². The molecule has 1 aliphatic heterocycles. The molecule has 1 aliphatic rings. The molecular formula is C98H214BN3S. The molecule has 1 saturated heterocycles. The van der Waals surface area contributed by atoms with Gasteiger partial charge in [0.1, 0.15) is 0 Å². The van der Waals surface area contributed by atoms with Gasteiger partial charge in [-0.2, -0.15) is 11.3 Å². The van der Waals surface area contributed by atoms with Crippen molar-refractivity contribution in [3.63, 3.8) is 0 Å². The van der Waals surface area contributed by atoms with Crippen LogP contribution in [0.25, 0.3) is 10.8 Å². The van der Waals surface area contributed by atoms with Gasteiger partial charge in [0.15, 0.2) is 0 Å². The summed E-state index contributed by atoms with van der Waals surface area (Å²) < 4.78 is 0. The van der Waals surface area contributed by atoms with Crippen molar-refractivity contribution < 1.29 is 0 Å². The van der Waals surface area contributed by atoms with Crippen molar-refractivity contribution in [1.29, 1.82) is 0 Å². The van der Waals surface area contributed by atoms with E-state index in [4.69, 9.17) is 0 Å². The molecule has 0 spiro atoms. The number of benzene rings is 4. The topological polar surface area (TPSA) is 37.8 Å². The molecule has 103 heavy (non-hydrogen) atoms. The van der Waals surface area contributed by atoms with E-state index < -0.39 is 0 Å². The number of nitrogens with one attached hydrogen (secondary N) is 1. The molecule has 1 fully saturated rings. The molecule has 0 atom stereocenters. The molecule has 5 heteroatoms. The maximum Gasteiger partial charge on any atom is 0.0606 e. The number of pyridine rings is 2. The summed E-state index contributed by atoms with van der Waals surface area (Å²) in [5.74, 6) is 0. The lowest BCUT2D eigenvalue weighted by Gasteiger charge is -2.08. The Morgan fingerprint density at radius 3 is 0.447 bits per heavy atom. The molecule has 0 amide bonds. The van der Waals surface area contributed by atoms with E-state index in [0.29, 0.717) is 0 Å². The zero-order valence-electron chi connectivity index (χ0n) is 83.4. The Labute approximate surface area is 672 Å². The van der Waals surface area contributed by atoms with Gasteiger partial charge in [-0.3, -0.25) is 9.97 Å². The van der Waals surface area contributed by atoms with E-state index in [1.165, 1.54) is 61.1 Å². The fourth-order valence-electron chi connectivity index (χ4n) is 3.86. The summed E-state index contributed by atoms with van der Waals surface area (Å²) in [5.41, 5.74) is 2.64. The normalized spacial score (nSPS) is 6.50. The quantitative estimate of drug-likeness (QED) is 0.154. The van der Waals surface area contributed by atoms with Gasteiger partial charge < -0.3 is 5.32 Å². The second kappa shape index (κ2) is 387. The number of aromatic nitrogens is 2. The van der Waals surface area contributed by atoms with Gasteiger partial charge in [0.2, 0.25) is 0 Å². The van der Waals surface area contributed by atoms with Crippen LogP contribution in [0.15, 0.2) is 193 Å². The van der Waals surface area contributed by atoms with Gasteiger partial charge in [-0.15, -0.1) is 0 Å². The van der Waals surface area contributed by atoms with Crippen LogP contribution < -0.4 is 5.32 Å². The monoisotopic (exact) mass is 1480 g/mol. The molecule has 4 heterocycles. The van der Waals surface area contributed by atoms with Gasteiger partial charge in [-0.25, -0.2) is 0 Å². The fraction of sp³-hybridized carbons (Fsp3) is 0.633. The van der Waals surface area contributed by atoms with Crippen LogP contribution >= 0.6 is 11.3 Å². The molecule has 3 nitrogen and oxygen atoms in total. The summed E-state index contributed by atoms with van der Waals surface area (Å²) in [7, 11) is 4.50. The van der Waals surface area contributed by atoms with Gasteiger partial charge in [0.05, 0.1) is 7.85 Å². The molecule has 1 N–H and O–H groups in total. The number of aryl methyl sites for hydroxylation is 2. The SMILES string of the molecule is C1CCNCC1.CC.CC.CC.CC.CC.CC.CC.CC.CC.CC.CC.CC.CC.CC.CC.CC.CC.CC.CC.CC.CC.CC.CC.CC.CC.CC.CC.Cc1ccccc1.Cc1ccccc1.[B]C.c1ccc2ccccc2c1.c1ccncc1.c1ccncc1.c1ccsc1. The zero-order chi connectivity index (χ0) is 89.3. The van der Waals surface area contributed by atoms with Crippen LogP contribution in [-0.4, -0.2) is 30.9 Å². The number of hydrogen-bond acceptors (Lipinski definition) is 4. The highest BCUT2D eigenvalue weighted by Crippen LogP contribution is 2.11. The first-order valence-electron chi connectivity index (χ1n) is 43.7. The lowest BCUT2D eigenvalue weighted by molar-refractivity contribution is 0.520. The highest BCUT2D eigenvalue weighted by Gasteiger charge is 1.93. The van der Waals surface area contributed by atoms with Crippen LogP contribution in [-0.2, 0) is 0 Å². The van der Waals surface area contributed by atoms with Crippen LogP contribution in [0.3, 0.4) is 0 Å². The largest absolute Gasteiger partial charge is 0.317 e. The summed E-state index contributed by atoms with van der Waals surface area (Å²) in [5, 5.41) is 9.99. The molecule has 0 aliphatic carbocycles. The zero-order valence-corrected chi connectivity index (χ0v) is 84.2. The van der Waals surface area contributed by atoms with Crippen molar-refractivity contribution in [3.05, 3.63) is 204 Å². The summed E-state index contributed by atoms with van der Waals surface area (Å²) >= 11 is 1.71. The Kier molecular flexibility index (Phi) is 688. The lowest BCUT2D eigenvalue weighted by atomic mass is 10.1. The third kappa shape index (κ3) is 323. The molecule has 630 valence electrons. The van der Waals surface area contributed by atoms with E-state index >= 15 is 0 Å². The predicted molar refractivity (Wildman–Crippen MR) is 524 cm³/mol. The van der Waals surface area contributed by atoms with E-state index in [1.54, 1.807) is 36.1 Å². The van der Waals surface area contributed by atoms with Crippen LogP contribution in [0.4, 0.5) is 0 Å². The molecule has 4 aromatic carbocycles. The van der Waals surface area contributed by atoms with Crippen molar-refractivity contribution in [2.75, 3.05) is 13.1 Å². The van der Waals surface area contributed by atoms with Crippen LogP contribution in [0, 0.1) is 13.8 Å². The number of rotatable bonds is 0. The first-order chi connectivity index (χ1) is 51.3. The van der Waals surface area contributed by atoms with E-state index in [0.717, 1.165) is 0 Å². The number of hydrogen-bond donors (Lipinski definition) is 1. The Bertz CT molecular complexity index is 1370. The average Bonchev–Trinajstić information content (AvgIpc) is 1.21. The number of fused-ring (bicyclic) bond motifs is 1. The summed E-state index contributed by atoms with van der Waals surface area (Å²) in [6.45, 7) is 116. The van der Waals surface area contributed by atoms with Crippen LogP contribution in [0.5, 0.6) is 0 Å². The van der Waals surface area contributed by atoms with Crippen molar-refractivity contribution >= 4 is 30.0 Å². The van der Waals surface area contributed by atoms with Gasteiger partial charge in [0, 0.05) is 24.8 Å². The van der Waals surface area contributed by atoms with E-state index in [1.807, 2.05) is 470 Å². The van der Waals surface area contributed by atoms with E-state index in [2.05, 4.69) is 110 Å². The van der Waals surface area contributed by atoms with Crippen molar-refractivity contribution in [3.8, 4) is 0 Å². The minimum Gasteiger partial charge on any atom is -0.317 e. The molecule has 2 radical (unpaired) electrons. The van der Waals surface area contributed by atoms with Crippen molar-refractivity contribution in [2.45, 2.75) is 414 Å². The fourth-order valence-corrected chi connectivity index (χ4v) is 4.31. The van der Waals surface area contributed by atoms with E-state index in [9.17, 15) is 0 Å². The maximum atomic E-state index is 4.50. The summed E-state index contributed by atoms with van der Waals surface area (Å²) in [6, 6.07) is 52.7. The molecule has 8 rings (SSSR count).